The highest BCUT2D eigenvalue weighted by Crippen LogP contribution is 2.30. The second-order valence-corrected chi connectivity index (χ2v) is 17.4. The van der Waals surface area contributed by atoms with Crippen LogP contribution in [0.3, 0.4) is 0 Å². The molecular weight excluding hydrogens is 512 g/mol. The number of rotatable bonds is 12. The summed E-state index contributed by atoms with van der Waals surface area (Å²) in [6.45, 7) is 19.9. The topological polar surface area (TPSA) is 71.1 Å². The van der Waals surface area contributed by atoms with E-state index in [1.165, 1.54) is 0 Å². The van der Waals surface area contributed by atoms with Crippen LogP contribution in [-0.2, 0) is 19.6 Å². The maximum atomic E-state index is 12.6. The van der Waals surface area contributed by atoms with E-state index in [4.69, 9.17) is 19.6 Å². The molecule has 0 bridgehead atoms. The zero-order valence-electron chi connectivity index (χ0n) is 22.0. The Labute approximate surface area is 227 Å². The smallest absolute Gasteiger partial charge is 0.292 e. The second-order valence-electron chi connectivity index (χ2n) is 9.48. The molecule has 0 aliphatic heterocycles. The molecule has 198 valence electrons. The van der Waals surface area contributed by atoms with Crippen molar-refractivity contribution in [3.05, 3.63) is 121 Å². The van der Waals surface area contributed by atoms with Gasteiger partial charge in [-0.25, -0.2) is 9.59 Å². The van der Waals surface area contributed by atoms with Crippen LogP contribution in [0.15, 0.2) is 97.6 Å². The van der Waals surface area contributed by atoms with E-state index in [0.717, 1.165) is 16.8 Å². The van der Waals surface area contributed by atoms with Crippen LogP contribution in [0.4, 0.5) is 0 Å². The molecule has 0 aromatic heterocycles. The van der Waals surface area contributed by atoms with E-state index in [9.17, 15) is 9.59 Å². The second kappa shape index (κ2) is 13.0. The van der Waals surface area contributed by atoms with Crippen LogP contribution in [0.25, 0.3) is 0 Å². The highest BCUT2D eigenvalue weighted by atomic mass is 28.3. The Kier molecular flexibility index (Phi) is 9.98. The van der Waals surface area contributed by atoms with E-state index >= 15 is 0 Å². The highest BCUT2D eigenvalue weighted by molar-refractivity contribution is 6.99. The normalized spacial score (nSPS) is 16.2. The first-order chi connectivity index (χ1) is 18.2. The van der Waals surface area contributed by atoms with Gasteiger partial charge in [0.05, 0.1) is 11.1 Å². The minimum atomic E-state index is -1.97. The molecule has 0 spiro atoms. The maximum absolute atomic E-state index is 12.6. The Morgan fingerprint density at radius 3 is 1.66 bits per heavy atom. The molecule has 0 amide bonds. The Balaban J connectivity index is 1.56. The quantitative estimate of drug-likeness (QED) is 0.204. The number of hydrogen-bond donors (Lipinski definition) is 0. The lowest BCUT2D eigenvalue weighted by atomic mass is 9.95. The average molecular weight is 547 g/mol. The zero-order valence-corrected chi connectivity index (χ0v) is 24.0. The summed E-state index contributed by atoms with van der Waals surface area (Å²) in [6, 6.07) is 14.3. The largest absolute Gasteiger partial charge is 0.373 e. The van der Waals surface area contributed by atoms with Crippen molar-refractivity contribution in [3.63, 3.8) is 0 Å². The highest BCUT2D eigenvalue weighted by Gasteiger charge is 2.33. The number of carbonyl (C=O) groups excluding carboxylic acids is 2. The summed E-state index contributed by atoms with van der Waals surface area (Å²) < 4.78 is 0. The summed E-state index contributed by atoms with van der Waals surface area (Å²) in [6.07, 6.45) is 3.32. The summed E-state index contributed by atoms with van der Waals surface area (Å²) in [4.78, 5) is 46.0. The van der Waals surface area contributed by atoms with Crippen molar-refractivity contribution in [1.82, 2.24) is 0 Å². The molecule has 1 unspecified atom stereocenters. The average Bonchev–Trinajstić information content (AvgIpc) is 2.98. The zero-order chi connectivity index (χ0) is 27.8. The van der Waals surface area contributed by atoms with Gasteiger partial charge >= 0.3 is 11.9 Å². The van der Waals surface area contributed by atoms with Gasteiger partial charge in [-0.15, -0.1) is 26.3 Å². The first-order valence-electron chi connectivity index (χ1n) is 12.4. The molecule has 2 aromatic carbocycles. The van der Waals surface area contributed by atoms with Gasteiger partial charge < -0.3 is 0 Å². The maximum Gasteiger partial charge on any atom is 0.373 e. The van der Waals surface area contributed by atoms with Crippen molar-refractivity contribution in [2.24, 2.45) is 0 Å². The van der Waals surface area contributed by atoms with E-state index in [-0.39, 0.29) is 0 Å². The fourth-order valence-electron chi connectivity index (χ4n) is 3.85. The minimum Gasteiger partial charge on any atom is -0.292 e. The lowest BCUT2D eigenvalue weighted by molar-refractivity contribution is -0.317. The molecule has 1 atom stereocenters. The van der Waals surface area contributed by atoms with Crippen molar-refractivity contribution in [2.75, 3.05) is 0 Å². The molecule has 1 aliphatic carbocycles. The van der Waals surface area contributed by atoms with Gasteiger partial charge in [0, 0.05) is 0 Å². The van der Waals surface area contributed by atoms with Gasteiger partial charge in [0.25, 0.3) is 0 Å². The minimum absolute atomic E-state index is 0.348. The summed E-state index contributed by atoms with van der Waals surface area (Å²) in [5, 5.41) is 2.17. The fourth-order valence-corrected chi connectivity index (χ4v) is 6.90. The summed E-state index contributed by atoms with van der Waals surface area (Å²) in [7, 11) is -3.94. The molecule has 6 nitrogen and oxygen atoms in total. The number of benzene rings is 2. The van der Waals surface area contributed by atoms with Crippen LogP contribution in [-0.4, -0.2) is 34.2 Å². The van der Waals surface area contributed by atoms with E-state index in [1.54, 1.807) is 24.3 Å². The molecular formula is C30H34O6Si2. The SMILES string of the molecule is C=C[Si](C)(C=C)c1ccc(C(=O)OO[C]2CC[CH]CC2OOC(=O)c2ccc([Si](C)(C=C)C=C)cc2)cc1. The summed E-state index contributed by atoms with van der Waals surface area (Å²) in [5.41, 5.74) is 8.41. The van der Waals surface area contributed by atoms with Gasteiger partial charge in [0.2, 0.25) is 0 Å². The van der Waals surface area contributed by atoms with E-state index in [0.29, 0.717) is 30.1 Å². The molecule has 0 N–H and O–H groups in total. The lowest BCUT2D eigenvalue weighted by Gasteiger charge is -2.26. The van der Waals surface area contributed by atoms with Crippen LogP contribution in [0.5, 0.6) is 0 Å². The first kappa shape index (κ1) is 29.3. The standard InChI is InChI=1S/C30H34O6Si2/c1-7-37(5,8-2)25-19-15-23(16-20-25)29(31)35-33-27-13-11-12-14-28(27)34-36-30(32)24-17-21-26(22-18-24)38(6,9-3)10-4/h7-11,15-22,27H,1-4,12-14H2,5-6H3. The van der Waals surface area contributed by atoms with Gasteiger partial charge in [-0.3, -0.25) is 9.78 Å². The Bertz CT molecular complexity index is 1060. The van der Waals surface area contributed by atoms with Crippen LogP contribution < -0.4 is 10.4 Å². The molecule has 2 aromatic rings. The molecule has 1 fully saturated rings. The van der Waals surface area contributed by atoms with Crippen LogP contribution in [0, 0.1) is 12.5 Å². The van der Waals surface area contributed by atoms with Crippen LogP contribution in [0.2, 0.25) is 13.1 Å². The van der Waals surface area contributed by atoms with E-state index in [2.05, 4.69) is 39.4 Å². The van der Waals surface area contributed by atoms with Gasteiger partial charge in [-0.1, -0.05) is 70.5 Å². The third kappa shape index (κ3) is 6.76. The molecule has 38 heavy (non-hydrogen) atoms. The van der Waals surface area contributed by atoms with E-state index < -0.39 is 34.2 Å². The summed E-state index contributed by atoms with van der Waals surface area (Å²) >= 11 is 0. The number of carbonyl (C=O) groups is 2. The predicted octanol–water partition coefficient (Wildman–Crippen LogP) is 5.32. The third-order valence-electron chi connectivity index (χ3n) is 6.98. The van der Waals surface area contributed by atoms with Crippen molar-refractivity contribution in [1.29, 1.82) is 0 Å². The van der Waals surface area contributed by atoms with Crippen molar-refractivity contribution in [2.45, 2.75) is 38.5 Å². The molecule has 8 heteroatoms. The third-order valence-corrected chi connectivity index (χ3v) is 13.5. The Hall–Kier alpha value is -3.31. The molecule has 1 saturated carbocycles. The van der Waals surface area contributed by atoms with E-state index in [1.807, 2.05) is 53.5 Å². The van der Waals surface area contributed by atoms with Crippen LogP contribution in [0.1, 0.15) is 40.0 Å². The number of hydrogen-bond acceptors (Lipinski definition) is 6. The lowest BCUT2D eigenvalue weighted by Crippen LogP contribution is -2.40. The van der Waals surface area contributed by atoms with Gasteiger partial charge in [0.1, 0.15) is 22.3 Å². The van der Waals surface area contributed by atoms with Gasteiger partial charge in [0.15, 0.2) is 6.10 Å². The van der Waals surface area contributed by atoms with Gasteiger partial charge in [-0.05, 0) is 49.9 Å². The fraction of sp³-hybridized carbons (Fsp3) is 0.200. The summed E-state index contributed by atoms with van der Waals surface area (Å²) in [5.74, 6) is -1.27. The molecule has 1 aliphatic rings. The van der Waals surface area contributed by atoms with Crippen LogP contribution >= 0.6 is 0 Å². The molecule has 0 saturated heterocycles. The Morgan fingerprint density at radius 2 is 1.21 bits per heavy atom. The Morgan fingerprint density at radius 1 is 0.763 bits per heavy atom. The van der Waals surface area contributed by atoms with Crippen molar-refractivity contribution in [3.8, 4) is 0 Å². The monoisotopic (exact) mass is 546 g/mol. The van der Waals surface area contributed by atoms with Gasteiger partial charge in [-0.2, -0.15) is 9.78 Å². The molecule has 3 rings (SSSR count). The molecule has 2 radical (unpaired) electrons. The first-order valence-corrected chi connectivity index (χ1v) is 17.7. The van der Waals surface area contributed by atoms with Crippen molar-refractivity contribution < 1.29 is 29.1 Å². The predicted molar refractivity (Wildman–Crippen MR) is 154 cm³/mol. The molecule has 0 heterocycles. The van der Waals surface area contributed by atoms with Crippen molar-refractivity contribution >= 4 is 38.5 Å².